The number of nitrogens with zero attached hydrogens (tertiary/aromatic N) is 2. The van der Waals surface area contributed by atoms with Crippen LogP contribution < -0.4 is 0 Å². The molecule has 5 nitrogen and oxygen atoms in total. The van der Waals surface area contributed by atoms with Gasteiger partial charge in [-0.3, -0.25) is 4.21 Å². The molecular formula is C14H20N2O3S. The molecule has 1 aliphatic heterocycles. The molecule has 0 radical (unpaired) electrons. The minimum Gasteiger partial charge on any atom is -0.444 e. The van der Waals surface area contributed by atoms with Gasteiger partial charge in [-0.1, -0.05) is 6.07 Å². The summed E-state index contributed by atoms with van der Waals surface area (Å²) in [6, 6.07) is 5.37. The molecule has 1 saturated heterocycles. The molecular weight excluding hydrogens is 276 g/mol. The van der Waals surface area contributed by atoms with Gasteiger partial charge in [0.2, 0.25) is 0 Å². The van der Waals surface area contributed by atoms with Crippen molar-refractivity contribution in [3.8, 4) is 0 Å². The molecule has 2 atom stereocenters. The van der Waals surface area contributed by atoms with Gasteiger partial charge in [-0.25, -0.2) is 9.78 Å². The molecule has 1 aliphatic rings. The molecule has 0 aliphatic carbocycles. The normalized spacial score (nSPS) is 20.8. The molecule has 2 rings (SSSR count). The third-order valence-corrected chi connectivity index (χ3v) is 4.59. The molecule has 0 spiro atoms. The first-order valence-corrected chi connectivity index (χ1v) is 7.87. The van der Waals surface area contributed by atoms with Gasteiger partial charge in [0.25, 0.3) is 0 Å². The highest BCUT2D eigenvalue weighted by Crippen LogP contribution is 2.21. The molecule has 0 aromatic carbocycles. The van der Waals surface area contributed by atoms with Crippen LogP contribution >= 0.6 is 0 Å². The van der Waals surface area contributed by atoms with E-state index in [9.17, 15) is 9.00 Å². The van der Waals surface area contributed by atoms with Gasteiger partial charge >= 0.3 is 6.09 Å². The largest absolute Gasteiger partial charge is 0.444 e. The summed E-state index contributed by atoms with van der Waals surface area (Å²) in [5.41, 5.74) is -0.505. The number of likely N-dealkylation sites (tertiary alicyclic amines) is 1. The molecule has 110 valence electrons. The number of hydrogen-bond donors (Lipinski definition) is 0. The number of pyridine rings is 1. The molecule has 0 unspecified atom stereocenters. The summed E-state index contributed by atoms with van der Waals surface area (Å²) in [4.78, 5) is 17.7. The lowest BCUT2D eigenvalue weighted by molar-refractivity contribution is 0.0295. The minimum atomic E-state index is -1.18. The Morgan fingerprint density at radius 2 is 2.20 bits per heavy atom. The second kappa shape index (κ2) is 5.91. The maximum absolute atomic E-state index is 12.4. The fourth-order valence-corrected chi connectivity index (χ4v) is 3.39. The Morgan fingerprint density at radius 3 is 2.80 bits per heavy atom. The maximum atomic E-state index is 12.4. The van der Waals surface area contributed by atoms with Gasteiger partial charge in [-0.05, 0) is 39.3 Å². The van der Waals surface area contributed by atoms with Crippen molar-refractivity contribution in [3.05, 3.63) is 24.4 Å². The van der Waals surface area contributed by atoms with Gasteiger partial charge < -0.3 is 9.64 Å². The van der Waals surface area contributed by atoms with Crippen molar-refractivity contribution < 1.29 is 13.7 Å². The predicted octanol–water partition coefficient (Wildman–Crippen LogP) is 2.20. The van der Waals surface area contributed by atoms with Gasteiger partial charge in [-0.2, -0.15) is 0 Å². The Labute approximate surface area is 121 Å². The van der Waals surface area contributed by atoms with Gasteiger partial charge in [0.15, 0.2) is 0 Å². The van der Waals surface area contributed by atoms with E-state index < -0.39 is 16.4 Å². The highest BCUT2D eigenvalue weighted by atomic mass is 32.2. The van der Waals surface area contributed by atoms with Gasteiger partial charge in [0.05, 0.1) is 16.0 Å². The average molecular weight is 296 g/mol. The smallest absolute Gasteiger partial charge is 0.410 e. The van der Waals surface area contributed by atoms with Crippen molar-refractivity contribution in [2.75, 3.05) is 13.1 Å². The van der Waals surface area contributed by atoms with Crippen LogP contribution in [0.4, 0.5) is 4.79 Å². The third-order valence-electron chi connectivity index (χ3n) is 2.94. The van der Waals surface area contributed by atoms with Crippen LogP contribution in [-0.2, 0) is 15.5 Å². The van der Waals surface area contributed by atoms with Crippen LogP contribution in [0, 0.1) is 0 Å². The number of carbonyl (C=O) groups excluding carboxylic acids is 1. The van der Waals surface area contributed by atoms with E-state index in [0.29, 0.717) is 24.5 Å². The van der Waals surface area contributed by atoms with E-state index in [1.54, 1.807) is 23.2 Å². The molecule has 2 heterocycles. The number of amides is 1. The monoisotopic (exact) mass is 296 g/mol. The van der Waals surface area contributed by atoms with Crippen LogP contribution in [0.2, 0.25) is 0 Å². The SMILES string of the molecule is CC(C)(C)OC(=O)N1CC[C@H]([S@@](=O)c2ccccn2)C1. The molecule has 1 aromatic heterocycles. The fraction of sp³-hybridized carbons (Fsp3) is 0.571. The first kappa shape index (κ1) is 15.0. The molecule has 0 N–H and O–H groups in total. The molecule has 1 aromatic rings. The van der Waals surface area contributed by atoms with E-state index in [0.717, 1.165) is 0 Å². The first-order chi connectivity index (χ1) is 9.37. The van der Waals surface area contributed by atoms with Crippen molar-refractivity contribution in [2.24, 2.45) is 0 Å². The van der Waals surface area contributed by atoms with Crippen LogP contribution in [0.25, 0.3) is 0 Å². The van der Waals surface area contributed by atoms with E-state index in [4.69, 9.17) is 4.74 Å². The number of carbonyl (C=O) groups is 1. The zero-order valence-corrected chi connectivity index (χ0v) is 12.9. The van der Waals surface area contributed by atoms with Crippen molar-refractivity contribution in [2.45, 2.75) is 43.1 Å². The Morgan fingerprint density at radius 1 is 1.45 bits per heavy atom. The topological polar surface area (TPSA) is 59.5 Å². The Bertz CT molecular complexity index is 499. The van der Waals surface area contributed by atoms with Crippen molar-refractivity contribution in [1.29, 1.82) is 0 Å². The van der Waals surface area contributed by atoms with E-state index in [-0.39, 0.29) is 11.3 Å². The summed E-state index contributed by atoms with van der Waals surface area (Å²) in [5, 5.41) is 0.501. The Hall–Kier alpha value is -1.43. The molecule has 6 heteroatoms. The Balaban J connectivity index is 1.96. The maximum Gasteiger partial charge on any atom is 0.410 e. The van der Waals surface area contributed by atoms with Crippen LogP contribution in [0.1, 0.15) is 27.2 Å². The van der Waals surface area contributed by atoms with Gasteiger partial charge in [-0.15, -0.1) is 0 Å². The highest BCUT2D eigenvalue weighted by Gasteiger charge is 2.33. The summed E-state index contributed by atoms with van der Waals surface area (Å²) in [5.74, 6) is 0. The quantitative estimate of drug-likeness (QED) is 0.839. The zero-order chi connectivity index (χ0) is 14.8. The van der Waals surface area contributed by atoms with E-state index >= 15 is 0 Å². The lowest BCUT2D eigenvalue weighted by atomic mass is 10.2. The molecule has 0 bridgehead atoms. The first-order valence-electron chi connectivity index (χ1n) is 6.66. The highest BCUT2D eigenvalue weighted by molar-refractivity contribution is 7.85. The van der Waals surface area contributed by atoms with E-state index in [2.05, 4.69) is 4.98 Å². The Kier molecular flexibility index (Phi) is 4.42. The molecule has 1 fully saturated rings. The second-order valence-corrected chi connectivity index (χ2v) is 7.48. The van der Waals surface area contributed by atoms with Crippen molar-refractivity contribution in [3.63, 3.8) is 0 Å². The predicted molar refractivity (Wildman–Crippen MR) is 76.9 cm³/mol. The molecule has 1 amide bonds. The number of aromatic nitrogens is 1. The van der Waals surface area contributed by atoms with Crippen molar-refractivity contribution in [1.82, 2.24) is 9.88 Å². The van der Waals surface area contributed by atoms with Crippen LogP contribution in [0.3, 0.4) is 0 Å². The van der Waals surface area contributed by atoms with Crippen molar-refractivity contribution >= 4 is 16.9 Å². The summed E-state index contributed by atoms with van der Waals surface area (Å²) < 4.78 is 17.7. The molecule has 20 heavy (non-hydrogen) atoms. The summed E-state index contributed by atoms with van der Waals surface area (Å²) in [6.45, 7) is 6.55. The van der Waals surface area contributed by atoms with E-state index in [1.807, 2.05) is 26.8 Å². The van der Waals surface area contributed by atoms with Gasteiger partial charge in [0, 0.05) is 19.3 Å². The second-order valence-electron chi connectivity index (χ2n) is 5.80. The lowest BCUT2D eigenvalue weighted by Crippen LogP contribution is -2.36. The fourth-order valence-electron chi connectivity index (χ4n) is 2.03. The number of rotatable bonds is 2. The standard InChI is InChI=1S/C14H20N2O3S/c1-14(2,3)19-13(17)16-9-7-11(10-16)20(18)12-6-4-5-8-15-12/h4-6,8,11H,7,9-10H2,1-3H3/t11-,20+/m0/s1. The van der Waals surface area contributed by atoms with Crippen LogP contribution in [0.5, 0.6) is 0 Å². The number of ether oxygens (including phenoxy) is 1. The lowest BCUT2D eigenvalue weighted by Gasteiger charge is -2.24. The minimum absolute atomic E-state index is 0.0718. The summed E-state index contributed by atoms with van der Waals surface area (Å²) >= 11 is 0. The van der Waals surface area contributed by atoms with Gasteiger partial charge in [0.1, 0.15) is 10.6 Å². The third kappa shape index (κ3) is 3.79. The summed E-state index contributed by atoms with van der Waals surface area (Å²) in [6.07, 6.45) is 2.01. The number of hydrogen-bond acceptors (Lipinski definition) is 4. The zero-order valence-electron chi connectivity index (χ0n) is 12.0. The van der Waals surface area contributed by atoms with E-state index in [1.165, 1.54) is 0 Å². The van der Waals surface area contributed by atoms with Crippen LogP contribution in [0.15, 0.2) is 29.4 Å². The molecule has 0 saturated carbocycles. The average Bonchev–Trinajstić information content (AvgIpc) is 2.86. The van der Waals surface area contributed by atoms with Crippen LogP contribution in [-0.4, -0.2) is 44.1 Å². The summed E-state index contributed by atoms with van der Waals surface area (Å²) in [7, 11) is -1.18.